The van der Waals surface area contributed by atoms with E-state index in [0.717, 1.165) is 42.8 Å². The maximum absolute atomic E-state index is 12.5. The van der Waals surface area contributed by atoms with Crippen LogP contribution in [-0.2, 0) is 4.74 Å². The fourth-order valence-corrected chi connectivity index (χ4v) is 4.96. The van der Waals surface area contributed by atoms with Crippen LogP contribution in [0.25, 0.3) is 11.3 Å². The molecule has 194 valence electrons. The van der Waals surface area contributed by atoms with Crippen molar-refractivity contribution in [1.29, 1.82) is 5.26 Å². The molecule has 1 aliphatic heterocycles. The van der Waals surface area contributed by atoms with E-state index in [1.54, 1.807) is 6.20 Å². The molecule has 1 saturated carbocycles. The summed E-state index contributed by atoms with van der Waals surface area (Å²) in [4.78, 5) is 9.21. The van der Waals surface area contributed by atoms with Crippen LogP contribution in [0.4, 0.5) is 16.0 Å². The molecule has 2 fully saturated rings. The van der Waals surface area contributed by atoms with Gasteiger partial charge >= 0.3 is 0 Å². The van der Waals surface area contributed by atoms with Crippen molar-refractivity contribution >= 4 is 23.2 Å². The number of ether oxygens (including phenoxy) is 1. The molecule has 0 amide bonds. The second-order valence-electron chi connectivity index (χ2n) is 9.72. The van der Waals surface area contributed by atoms with Gasteiger partial charge in [0.15, 0.2) is 0 Å². The number of halogens is 2. The van der Waals surface area contributed by atoms with Crippen LogP contribution < -0.4 is 16.0 Å². The van der Waals surface area contributed by atoms with E-state index in [1.165, 1.54) is 0 Å². The predicted octanol–water partition coefficient (Wildman–Crippen LogP) is 4.17. The monoisotopic (exact) mass is 516 g/mol. The average Bonchev–Trinajstić information content (AvgIpc) is 2.93. The Bertz CT molecular complexity index is 1040. The van der Waals surface area contributed by atoms with Crippen molar-refractivity contribution in [3.63, 3.8) is 0 Å². The number of rotatable bonds is 10. The molecule has 0 bridgehead atoms. The highest BCUT2D eigenvalue weighted by Gasteiger charge is 2.32. The average molecular weight is 517 g/mol. The molecule has 1 atom stereocenters. The van der Waals surface area contributed by atoms with E-state index in [1.807, 2.05) is 24.3 Å². The van der Waals surface area contributed by atoms with Crippen LogP contribution in [0.15, 0.2) is 30.5 Å². The number of nitrogens with one attached hydrogen (secondary N) is 3. The van der Waals surface area contributed by atoms with Crippen LogP contribution >= 0.6 is 11.6 Å². The number of pyridine rings is 2. The standard InChI is InChI=1S/C26H34ClFN6O2/c27-22-15-31-25(33-19-6-4-18(5-7-19)30-14-20(35)13-28)12-21(22)23-2-1-3-24(34-23)32-17-26(16-29)8-10-36-11-9-26/h1-3,12,15,18-20,30,35H,4-11,13-14,17H2,(H,31,33)(H,32,34). The molecular formula is C26H34ClFN6O2. The molecule has 0 radical (unpaired) electrons. The molecule has 2 aromatic heterocycles. The number of hydrogen-bond acceptors (Lipinski definition) is 8. The maximum Gasteiger partial charge on any atom is 0.126 e. The minimum absolute atomic E-state index is 0.276. The van der Waals surface area contributed by atoms with Crippen LogP contribution in [0.2, 0.25) is 5.02 Å². The van der Waals surface area contributed by atoms with Crippen LogP contribution in [0, 0.1) is 16.7 Å². The first-order valence-corrected chi connectivity index (χ1v) is 13.0. The predicted molar refractivity (Wildman–Crippen MR) is 139 cm³/mol. The van der Waals surface area contributed by atoms with Crippen molar-refractivity contribution < 1.29 is 14.2 Å². The summed E-state index contributed by atoms with van der Waals surface area (Å²) in [5.74, 6) is 1.43. The molecule has 36 heavy (non-hydrogen) atoms. The van der Waals surface area contributed by atoms with E-state index >= 15 is 0 Å². The van der Waals surface area contributed by atoms with E-state index in [4.69, 9.17) is 21.3 Å². The van der Waals surface area contributed by atoms with E-state index in [0.29, 0.717) is 49.5 Å². The lowest BCUT2D eigenvalue weighted by Crippen LogP contribution is -2.40. The van der Waals surface area contributed by atoms with Crippen molar-refractivity contribution in [2.45, 2.75) is 56.7 Å². The quantitative estimate of drug-likeness (QED) is 0.372. The van der Waals surface area contributed by atoms with Gasteiger partial charge in [0.05, 0.1) is 28.3 Å². The first-order valence-electron chi connectivity index (χ1n) is 12.6. The Labute approximate surface area is 216 Å². The number of aliphatic hydroxyl groups is 1. The summed E-state index contributed by atoms with van der Waals surface area (Å²) in [6, 6.07) is 10.7. The molecule has 2 aromatic rings. The molecule has 4 rings (SSSR count). The first-order chi connectivity index (χ1) is 17.5. The Morgan fingerprint density at radius 3 is 2.67 bits per heavy atom. The van der Waals surface area contributed by atoms with E-state index < -0.39 is 18.2 Å². The zero-order chi connectivity index (χ0) is 25.4. The molecule has 4 N–H and O–H groups in total. The van der Waals surface area contributed by atoms with E-state index in [-0.39, 0.29) is 12.6 Å². The van der Waals surface area contributed by atoms with E-state index in [9.17, 15) is 14.8 Å². The number of anilines is 2. The number of aliphatic hydroxyl groups excluding tert-OH is 1. The molecule has 1 unspecified atom stereocenters. The van der Waals surface area contributed by atoms with Gasteiger partial charge in [-0.05, 0) is 56.7 Å². The van der Waals surface area contributed by atoms with E-state index in [2.05, 4.69) is 27.0 Å². The van der Waals surface area contributed by atoms with Gasteiger partial charge in [-0.1, -0.05) is 17.7 Å². The number of nitrogens with zero attached hydrogens (tertiary/aromatic N) is 3. The third-order valence-electron chi connectivity index (χ3n) is 7.07. The zero-order valence-corrected chi connectivity index (χ0v) is 21.1. The van der Waals surface area contributed by atoms with Crippen molar-refractivity contribution in [1.82, 2.24) is 15.3 Å². The minimum Gasteiger partial charge on any atom is -0.389 e. The summed E-state index contributed by atoms with van der Waals surface area (Å²) in [6.07, 6.45) is 5.91. The van der Waals surface area contributed by atoms with Crippen LogP contribution in [-0.4, -0.2) is 66.2 Å². The van der Waals surface area contributed by atoms with Crippen LogP contribution in [0.5, 0.6) is 0 Å². The molecule has 1 aliphatic carbocycles. The third-order valence-corrected chi connectivity index (χ3v) is 7.38. The lowest BCUT2D eigenvalue weighted by atomic mass is 9.82. The fraction of sp³-hybridized carbons (Fsp3) is 0.577. The van der Waals surface area contributed by atoms with Crippen molar-refractivity contribution in [3.8, 4) is 17.3 Å². The fourth-order valence-electron chi connectivity index (χ4n) is 4.76. The van der Waals surface area contributed by atoms with Crippen molar-refractivity contribution in [2.75, 3.05) is 43.6 Å². The third kappa shape index (κ3) is 7.04. The molecule has 2 aliphatic rings. The summed E-state index contributed by atoms with van der Waals surface area (Å²) < 4.78 is 17.9. The van der Waals surface area contributed by atoms with Gasteiger partial charge in [-0.3, -0.25) is 0 Å². The second-order valence-corrected chi connectivity index (χ2v) is 10.1. The molecule has 0 aromatic carbocycles. The minimum atomic E-state index is -0.936. The Morgan fingerprint density at radius 2 is 1.94 bits per heavy atom. The number of hydrogen-bond donors (Lipinski definition) is 4. The number of nitriles is 1. The van der Waals surface area contributed by atoms with Crippen LogP contribution in [0.3, 0.4) is 0 Å². The molecule has 8 nitrogen and oxygen atoms in total. The highest BCUT2D eigenvalue weighted by molar-refractivity contribution is 6.33. The molecule has 0 spiro atoms. The van der Waals surface area contributed by atoms with Gasteiger partial charge < -0.3 is 25.8 Å². The Hall–Kier alpha value is -2.51. The summed E-state index contributed by atoms with van der Waals surface area (Å²) >= 11 is 6.50. The van der Waals surface area contributed by atoms with Gasteiger partial charge in [0, 0.05) is 50.1 Å². The van der Waals surface area contributed by atoms with Crippen molar-refractivity contribution in [3.05, 3.63) is 35.5 Å². The topological polar surface area (TPSA) is 115 Å². The SMILES string of the molecule is N#CC1(CNc2cccc(-c3cc(NC4CCC(NCC(O)CF)CC4)ncc3Cl)n2)CCOCC1. The Balaban J connectivity index is 1.36. The zero-order valence-electron chi connectivity index (χ0n) is 20.4. The second kappa shape index (κ2) is 12.6. The Kier molecular flexibility index (Phi) is 9.32. The van der Waals surface area contributed by atoms with Crippen molar-refractivity contribution in [2.24, 2.45) is 5.41 Å². The maximum atomic E-state index is 12.5. The van der Waals surface area contributed by atoms with Gasteiger partial charge in [-0.15, -0.1) is 0 Å². The smallest absolute Gasteiger partial charge is 0.126 e. The number of alkyl halides is 1. The normalized spacial score (nSPS) is 22.4. The van der Waals surface area contributed by atoms with Gasteiger partial charge in [0.25, 0.3) is 0 Å². The first kappa shape index (κ1) is 26.6. The van der Waals surface area contributed by atoms with Gasteiger partial charge in [-0.25, -0.2) is 14.4 Å². The lowest BCUT2D eigenvalue weighted by Gasteiger charge is -2.31. The lowest BCUT2D eigenvalue weighted by molar-refractivity contribution is 0.0455. The number of aromatic nitrogens is 2. The van der Waals surface area contributed by atoms with Gasteiger partial charge in [-0.2, -0.15) is 5.26 Å². The molecular weight excluding hydrogens is 483 g/mol. The summed E-state index contributed by atoms with van der Waals surface area (Å²) in [5, 5.41) is 29.7. The Morgan fingerprint density at radius 1 is 1.19 bits per heavy atom. The van der Waals surface area contributed by atoms with Crippen LogP contribution in [0.1, 0.15) is 38.5 Å². The van der Waals surface area contributed by atoms with Gasteiger partial charge in [0.2, 0.25) is 0 Å². The summed E-state index contributed by atoms with van der Waals surface area (Å²) in [5.41, 5.74) is 1.07. The molecule has 10 heteroatoms. The van der Waals surface area contributed by atoms with Gasteiger partial charge in [0.1, 0.15) is 18.3 Å². The molecule has 1 saturated heterocycles. The molecule has 3 heterocycles. The highest BCUT2D eigenvalue weighted by atomic mass is 35.5. The summed E-state index contributed by atoms with van der Waals surface area (Å²) in [6.45, 7) is 1.29. The summed E-state index contributed by atoms with van der Waals surface area (Å²) in [7, 11) is 0. The highest BCUT2D eigenvalue weighted by Crippen LogP contribution is 2.32. The largest absolute Gasteiger partial charge is 0.389 e.